The van der Waals surface area contributed by atoms with Gasteiger partial charge in [-0.05, 0) is 66.6 Å². The zero-order chi connectivity index (χ0) is 28.2. The predicted molar refractivity (Wildman–Crippen MR) is 162 cm³/mol. The number of nitrogens with two attached hydrogens (primary N) is 1. The minimum atomic E-state index is -0.768. The van der Waals surface area contributed by atoms with E-state index >= 15 is 0 Å². The van der Waals surface area contributed by atoms with E-state index in [0.29, 0.717) is 17.7 Å². The lowest BCUT2D eigenvalue weighted by molar-refractivity contribution is -0.122. The van der Waals surface area contributed by atoms with Crippen LogP contribution in [0.5, 0.6) is 0 Å². The molecule has 208 valence electrons. The quantitative estimate of drug-likeness (QED) is 0.270. The van der Waals surface area contributed by atoms with Crippen molar-refractivity contribution < 1.29 is 9.59 Å². The number of carbonyl (C=O) groups excluding carboxylic acids is 2. The Kier molecular flexibility index (Phi) is 7.66. The van der Waals surface area contributed by atoms with Gasteiger partial charge in [0.2, 0.25) is 5.91 Å². The van der Waals surface area contributed by atoms with Gasteiger partial charge in [0.05, 0.1) is 16.7 Å². The normalized spacial score (nSPS) is 16.1. The predicted octanol–water partition coefficient (Wildman–Crippen LogP) is 5.57. The van der Waals surface area contributed by atoms with Crippen molar-refractivity contribution in [1.82, 2.24) is 15.2 Å². The largest absolute Gasteiger partial charge is 0.369 e. The van der Waals surface area contributed by atoms with Gasteiger partial charge in [0.1, 0.15) is 0 Å². The third-order valence-corrected chi connectivity index (χ3v) is 8.78. The number of fused-ring (bicyclic) bond motifs is 3. The lowest BCUT2D eigenvalue weighted by Crippen LogP contribution is -2.45. The SMILES string of the molecule is NC(=O)C1(CCCCN2CCC(NC(=O)c3cccnc3-c3ccccc3)CC2)c2ccccc2-c2ccccc21. The van der Waals surface area contributed by atoms with Crippen molar-refractivity contribution in [1.29, 1.82) is 0 Å². The third kappa shape index (κ3) is 5.16. The topological polar surface area (TPSA) is 88.3 Å². The Morgan fingerprint density at radius 1 is 0.829 bits per heavy atom. The van der Waals surface area contributed by atoms with Gasteiger partial charge in [-0.2, -0.15) is 0 Å². The minimum absolute atomic E-state index is 0.0655. The molecule has 0 unspecified atom stereocenters. The fourth-order valence-corrected chi connectivity index (χ4v) is 6.69. The smallest absolute Gasteiger partial charge is 0.253 e. The number of carbonyl (C=O) groups is 2. The van der Waals surface area contributed by atoms with Crippen molar-refractivity contribution >= 4 is 11.8 Å². The second-order valence-electron chi connectivity index (χ2n) is 11.2. The number of nitrogens with zero attached hydrogens (tertiary/aromatic N) is 2. The third-order valence-electron chi connectivity index (χ3n) is 8.78. The first-order valence-corrected chi connectivity index (χ1v) is 14.6. The number of nitrogens with one attached hydrogen (secondary N) is 1. The lowest BCUT2D eigenvalue weighted by Gasteiger charge is -2.33. The number of hydrogen-bond donors (Lipinski definition) is 2. The van der Waals surface area contributed by atoms with E-state index in [4.69, 9.17) is 5.73 Å². The van der Waals surface area contributed by atoms with Crippen LogP contribution in [0, 0.1) is 0 Å². The van der Waals surface area contributed by atoms with Crippen molar-refractivity contribution in [2.45, 2.75) is 43.6 Å². The maximum absolute atomic E-state index is 13.2. The van der Waals surface area contributed by atoms with Crippen LogP contribution in [0.2, 0.25) is 0 Å². The van der Waals surface area contributed by atoms with E-state index in [0.717, 1.165) is 73.1 Å². The molecule has 6 nitrogen and oxygen atoms in total. The van der Waals surface area contributed by atoms with Gasteiger partial charge in [-0.15, -0.1) is 0 Å². The summed E-state index contributed by atoms with van der Waals surface area (Å²) in [4.78, 5) is 33.2. The number of primary amides is 1. The molecule has 0 saturated carbocycles. The zero-order valence-electron chi connectivity index (χ0n) is 23.3. The molecular formula is C35H36N4O2. The monoisotopic (exact) mass is 544 g/mol. The fourth-order valence-electron chi connectivity index (χ4n) is 6.69. The number of pyridine rings is 1. The van der Waals surface area contributed by atoms with Gasteiger partial charge in [-0.3, -0.25) is 14.6 Å². The van der Waals surface area contributed by atoms with Crippen LogP contribution in [-0.4, -0.2) is 47.4 Å². The molecule has 1 fully saturated rings. The Hall–Kier alpha value is -4.29. The first-order chi connectivity index (χ1) is 20.1. The van der Waals surface area contributed by atoms with Crippen molar-refractivity contribution in [2.24, 2.45) is 5.73 Å². The van der Waals surface area contributed by atoms with Crippen LogP contribution in [0.25, 0.3) is 22.4 Å². The van der Waals surface area contributed by atoms with E-state index in [1.54, 1.807) is 6.20 Å². The van der Waals surface area contributed by atoms with Crippen LogP contribution in [0.4, 0.5) is 0 Å². The molecule has 3 N–H and O–H groups in total. The second-order valence-corrected chi connectivity index (χ2v) is 11.2. The molecular weight excluding hydrogens is 508 g/mol. The van der Waals surface area contributed by atoms with Crippen molar-refractivity contribution in [3.63, 3.8) is 0 Å². The molecule has 4 aromatic rings. The molecule has 1 aliphatic carbocycles. The van der Waals surface area contributed by atoms with Crippen molar-refractivity contribution in [3.05, 3.63) is 114 Å². The minimum Gasteiger partial charge on any atom is -0.369 e. The number of amides is 2. The summed E-state index contributed by atoms with van der Waals surface area (Å²) >= 11 is 0. The molecule has 0 spiro atoms. The van der Waals surface area contributed by atoms with Crippen LogP contribution < -0.4 is 11.1 Å². The number of rotatable bonds is 9. The van der Waals surface area contributed by atoms with Gasteiger partial charge >= 0.3 is 0 Å². The number of hydrogen-bond acceptors (Lipinski definition) is 4. The summed E-state index contributed by atoms with van der Waals surface area (Å²) in [5.41, 5.74) is 11.9. The van der Waals surface area contributed by atoms with Gasteiger partial charge in [0.25, 0.3) is 5.91 Å². The molecule has 1 saturated heterocycles. The molecule has 1 aliphatic heterocycles. The van der Waals surface area contributed by atoms with Crippen LogP contribution in [-0.2, 0) is 10.2 Å². The molecule has 2 amide bonds. The molecule has 0 atom stereocenters. The Morgan fingerprint density at radius 3 is 2.12 bits per heavy atom. The van der Waals surface area contributed by atoms with E-state index in [2.05, 4.69) is 39.5 Å². The highest BCUT2D eigenvalue weighted by atomic mass is 16.2. The molecule has 2 heterocycles. The van der Waals surface area contributed by atoms with E-state index in [1.165, 1.54) is 0 Å². The summed E-state index contributed by atoms with van der Waals surface area (Å²) in [6, 6.07) is 30.0. The molecule has 3 aromatic carbocycles. The molecule has 1 aromatic heterocycles. The van der Waals surface area contributed by atoms with Crippen LogP contribution in [0.15, 0.2) is 97.2 Å². The van der Waals surface area contributed by atoms with Gasteiger partial charge in [-0.25, -0.2) is 0 Å². The van der Waals surface area contributed by atoms with Gasteiger partial charge in [0, 0.05) is 30.9 Å². The summed E-state index contributed by atoms with van der Waals surface area (Å²) in [5.74, 6) is -0.334. The Bertz CT molecular complexity index is 1500. The van der Waals surface area contributed by atoms with Crippen LogP contribution in [0.3, 0.4) is 0 Å². The van der Waals surface area contributed by atoms with Crippen molar-refractivity contribution in [3.8, 4) is 22.4 Å². The van der Waals surface area contributed by atoms with E-state index in [9.17, 15) is 9.59 Å². The van der Waals surface area contributed by atoms with Gasteiger partial charge in [-0.1, -0.05) is 85.3 Å². The average molecular weight is 545 g/mol. The average Bonchev–Trinajstić information content (AvgIpc) is 3.31. The second kappa shape index (κ2) is 11.7. The number of unbranched alkanes of at least 4 members (excludes halogenated alkanes) is 1. The Morgan fingerprint density at radius 2 is 1.46 bits per heavy atom. The van der Waals surface area contributed by atoms with Gasteiger partial charge < -0.3 is 16.0 Å². The van der Waals surface area contributed by atoms with Gasteiger partial charge in [0.15, 0.2) is 0 Å². The highest BCUT2D eigenvalue weighted by Crippen LogP contribution is 2.51. The summed E-state index contributed by atoms with van der Waals surface area (Å²) < 4.78 is 0. The Labute approximate surface area is 241 Å². The number of benzene rings is 3. The molecule has 6 heteroatoms. The highest BCUT2D eigenvalue weighted by molar-refractivity contribution is 6.00. The van der Waals surface area contributed by atoms with E-state index < -0.39 is 5.41 Å². The summed E-state index contributed by atoms with van der Waals surface area (Å²) in [5, 5.41) is 3.25. The number of aromatic nitrogens is 1. The molecule has 0 radical (unpaired) electrons. The standard InChI is InChI=1S/C35H36N4O2/c36-34(41)35(30-16-6-4-13-27(30)28-14-5-7-17-31(28)35)20-8-9-22-39-23-18-26(19-24-39)38-33(40)29-15-10-21-37-32(29)25-11-2-1-3-12-25/h1-7,10-17,21,26H,8-9,18-20,22-24H2,(H2,36,41)(H,38,40). The maximum atomic E-state index is 13.2. The zero-order valence-corrected chi connectivity index (χ0v) is 23.3. The van der Waals surface area contributed by atoms with Crippen molar-refractivity contribution in [2.75, 3.05) is 19.6 Å². The summed E-state index contributed by atoms with van der Waals surface area (Å²) in [6.07, 6.45) is 6.17. The molecule has 0 bridgehead atoms. The lowest BCUT2D eigenvalue weighted by atomic mass is 9.73. The van der Waals surface area contributed by atoms with Crippen LogP contribution >= 0.6 is 0 Å². The first kappa shape index (κ1) is 26.9. The van der Waals surface area contributed by atoms with E-state index in [-0.39, 0.29) is 17.9 Å². The molecule has 2 aliphatic rings. The number of piperidine rings is 1. The van der Waals surface area contributed by atoms with E-state index in [1.807, 2.05) is 66.7 Å². The van der Waals surface area contributed by atoms with Crippen LogP contribution in [0.1, 0.15) is 53.6 Å². The first-order valence-electron chi connectivity index (χ1n) is 14.6. The summed E-state index contributed by atoms with van der Waals surface area (Å²) in [7, 11) is 0. The molecule has 6 rings (SSSR count). The molecule has 41 heavy (non-hydrogen) atoms. The summed E-state index contributed by atoms with van der Waals surface area (Å²) in [6.45, 7) is 2.85. The Balaban J connectivity index is 1.03. The number of likely N-dealkylation sites (tertiary alicyclic amines) is 1. The maximum Gasteiger partial charge on any atom is 0.253 e. The highest BCUT2D eigenvalue weighted by Gasteiger charge is 2.47. The fraction of sp³-hybridized carbons (Fsp3) is 0.286.